The summed E-state index contributed by atoms with van der Waals surface area (Å²) in [5.74, 6) is 2.72. The fourth-order valence-corrected chi connectivity index (χ4v) is 1.60. The van der Waals surface area contributed by atoms with Crippen LogP contribution in [0.1, 0.15) is 12.5 Å². The quantitative estimate of drug-likeness (QED) is 0.587. The molecule has 0 atom stereocenters. The van der Waals surface area contributed by atoms with Gasteiger partial charge in [-0.2, -0.15) is 0 Å². The fourth-order valence-electron chi connectivity index (χ4n) is 0.957. The van der Waals surface area contributed by atoms with E-state index in [1.807, 2.05) is 0 Å². The third-order valence-electron chi connectivity index (χ3n) is 1.75. The summed E-state index contributed by atoms with van der Waals surface area (Å²) < 4.78 is 24.9. The lowest BCUT2D eigenvalue weighted by Crippen LogP contribution is -2.14. The maximum Gasteiger partial charge on any atom is 0.232 e. The van der Waals surface area contributed by atoms with Crippen molar-refractivity contribution in [3.05, 3.63) is 29.8 Å². The molecule has 1 aromatic carbocycles. The van der Waals surface area contributed by atoms with Gasteiger partial charge in [0.15, 0.2) is 0 Å². The van der Waals surface area contributed by atoms with Crippen LogP contribution in [0.5, 0.6) is 0 Å². The summed E-state index contributed by atoms with van der Waals surface area (Å²) in [5, 5.41) is 0. The summed E-state index contributed by atoms with van der Waals surface area (Å²) in [6.45, 7) is 1.58. The van der Waals surface area contributed by atoms with E-state index in [0.717, 1.165) is 5.56 Å². The minimum atomic E-state index is -3.21. The highest BCUT2D eigenvalue weighted by Gasteiger charge is 2.05. The average Bonchev–Trinajstić information content (AvgIpc) is 2.21. The molecule has 3 N–H and O–H groups in total. The van der Waals surface area contributed by atoms with Gasteiger partial charge < -0.3 is 5.73 Å². The highest BCUT2D eigenvalue weighted by Crippen LogP contribution is 2.10. The zero-order valence-electron chi connectivity index (χ0n) is 8.32. The largest absolute Gasteiger partial charge is 0.359 e. The number of nitrogens with one attached hydrogen (secondary N) is 1. The molecule has 0 fully saturated rings. The van der Waals surface area contributed by atoms with Gasteiger partial charge in [-0.3, -0.25) is 4.72 Å². The van der Waals surface area contributed by atoms with Crippen molar-refractivity contribution in [2.75, 3.05) is 10.5 Å². The van der Waals surface area contributed by atoms with Gasteiger partial charge in [-0.05, 0) is 37.1 Å². The zero-order valence-corrected chi connectivity index (χ0v) is 9.14. The number of nitrogens with two attached hydrogens (primary N) is 1. The molecule has 0 aromatic heterocycles. The first kappa shape index (κ1) is 11.4. The Morgan fingerprint density at radius 3 is 2.40 bits per heavy atom. The second-order valence-corrected chi connectivity index (χ2v) is 4.86. The van der Waals surface area contributed by atoms with Crippen molar-refractivity contribution in [2.24, 2.45) is 5.73 Å². The molecule has 4 nitrogen and oxygen atoms in total. The van der Waals surface area contributed by atoms with Crippen LogP contribution in [-0.4, -0.2) is 14.2 Å². The normalized spacial score (nSPS) is 10.2. The summed E-state index contributed by atoms with van der Waals surface area (Å²) in [5.41, 5.74) is 6.32. The Morgan fingerprint density at radius 1 is 1.33 bits per heavy atom. The van der Waals surface area contributed by atoms with Crippen molar-refractivity contribution in [1.29, 1.82) is 0 Å². The topological polar surface area (TPSA) is 72.2 Å². The SMILES string of the molecule is CCS(=O)(=O)Nc1ccc(C#CN)cc1. The van der Waals surface area contributed by atoms with Crippen LogP contribution >= 0.6 is 0 Å². The van der Waals surface area contributed by atoms with E-state index >= 15 is 0 Å². The first-order valence-electron chi connectivity index (χ1n) is 4.39. The van der Waals surface area contributed by atoms with Gasteiger partial charge >= 0.3 is 0 Å². The Morgan fingerprint density at radius 2 is 1.93 bits per heavy atom. The number of rotatable bonds is 3. The minimum absolute atomic E-state index is 0.0529. The summed E-state index contributed by atoms with van der Waals surface area (Å²) in [7, 11) is -3.21. The molecule has 0 saturated heterocycles. The molecule has 0 radical (unpaired) electrons. The molecule has 0 unspecified atom stereocenters. The van der Waals surface area contributed by atoms with Crippen LogP contribution in [0.3, 0.4) is 0 Å². The van der Waals surface area contributed by atoms with Crippen LogP contribution in [0, 0.1) is 12.0 Å². The molecule has 15 heavy (non-hydrogen) atoms. The van der Waals surface area contributed by atoms with Gasteiger partial charge in [0.25, 0.3) is 0 Å². The van der Waals surface area contributed by atoms with Crippen LogP contribution in [0.15, 0.2) is 24.3 Å². The van der Waals surface area contributed by atoms with E-state index in [1.54, 1.807) is 31.2 Å². The monoisotopic (exact) mass is 224 g/mol. The Bertz CT molecular complexity index is 480. The van der Waals surface area contributed by atoms with E-state index in [9.17, 15) is 8.42 Å². The number of hydrogen-bond acceptors (Lipinski definition) is 3. The Balaban J connectivity index is 2.85. The first-order chi connectivity index (χ1) is 7.07. The van der Waals surface area contributed by atoms with Gasteiger partial charge in [0.05, 0.1) is 5.75 Å². The van der Waals surface area contributed by atoms with E-state index in [-0.39, 0.29) is 5.75 Å². The van der Waals surface area contributed by atoms with Gasteiger partial charge in [0, 0.05) is 17.3 Å². The molecule has 80 valence electrons. The predicted molar refractivity (Wildman–Crippen MR) is 60.6 cm³/mol. The molecule has 1 aromatic rings. The standard InChI is InChI=1S/C10H12N2O2S/c1-2-15(13,14)12-10-5-3-9(4-6-10)7-8-11/h3-6,12H,2,11H2,1H3. The lowest BCUT2D eigenvalue weighted by molar-refractivity contribution is 0.602. The van der Waals surface area contributed by atoms with E-state index in [0.29, 0.717) is 5.69 Å². The Hall–Kier alpha value is -1.67. The number of sulfonamides is 1. The van der Waals surface area contributed by atoms with Crippen molar-refractivity contribution in [3.8, 4) is 12.0 Å². The van der Waals surface area contributed by atoms with Crippen LogP contribution in [0.4, 0.5) is 5.69 Å². The van der Waals surface area contributed by atoms with E-state index in [2.05, 4.69) is 16.7 Å². The minimum Gasteiger partial charge on any atom is -0.359 e. The predicted octanol–water partition coefficient (Wildman–Crippen LogP) is 0.716. The molecule has 0 aliphatic heterocycles. The molecule has 1 rings (SSSR count). The van der Waals surface area contributed by atoms with Crippen molar-refractivity contribution >= 4 is 15.7 Å². The first-order valence-corrected chi connectivity index (χ1v) is 6.05. The Labute approximate surface area is 89.5 Å². The molecule has 0 amide bonds. The van der Waals surface area contributed by atoms with Crippen LogP contribution in [0.2, 0.25) is 0 Å². The second kappa shape index (κ2) is 4.71. The van der Waals surface area contributed by atoms with Crippen molar-refractivity contribution < 1.29 is 8.42 Å². The second-order valence-electron chi connectivity index (χ2n) is 2.85. The van der Waals surface area contributed by atoms with Gasteiger partial charge in [-0.25, -0.2) is 8.42 Å². The van der Waals surface area contributed by atoms with Gasteiger partial charge in [-0.15, -0.1) is 0 Å². The lowest BCUT2D eigenvalue weighted by Gasteiger charge is -2.05. The highest BCUT2D eigenvalue weighted by atomic mass is 32.2. The highest BCUT2D eigenvalue weighted by molar-refractivity contribution is 7.92. The molecule has 0 aliphatic carbocycles. The molecular weight excluding hydrogens is 212 g/mol. The van der Waals surface area contributed by atoms with Crippen molar-refractivity contribution in [3.63, 3.8) is 0 Å². The average molecular weight is 224 g/mol. The van der Waals surface area contributed by atoms with Crippen molar-refractivity contribution in [1.82, 2.24) is 0 Å². The maximum absolute atomic E-state index is 11.2. The smallest absolute Gasteiger partial charge is 0.232 e. The third kappa shape index (κ3) is 3.52. The molecular formula is C10H12N2O2S. The van der Waals surface area contributed by atoms with Crippen molar-refractivity contribution in [2.45, 2.75) is 6.92 Å². The summed E-state index contributed by atoms with van der Waals surface area (Å²) in [6, 6.07) is 8.97. The van der Waals surface area contributed by atoms with E-state index < -0.39 is 10.0 Å². The van der Waals surface area contributed by atoms with E-state index in [1.165, 1.54) is 0 Å². The number of hydrogen-bond donors (Lipinski definition) is 2. The molecule has 5 heteroatoms. The van der Waals surface area contributed by atoms with Crippen LogP contribution in [-0.2, 0) is 10.0 Å². The van der Waals surface area contributed by atoms with E-state index in [4.69, 9.17) is 5.73 Å². The Kier molecular flexibility index (Phi) is 3.58. The lowest BCUT2D eigenvalue weighted by atomic mass is 10.2. The molecule has 0 saturated carbocycles. The maximum atomic E-state index is 11.2. The van der Waals surface area contributed by atoms with Crippen LogP contribution < -0.4 is 10.5 Å². The van der Waals surface area contributed by atoms with Gasteiger partial charge in [0.1, 0.15) is 0 Å². The summed E-state index contributed by atoms with van der Waals surface area (Å²) >= 11 is 0. The van der Waals surface area contributed by atoms with Gasteiger partial charge in [-0.1, -0.05) is 0 Å². The molecule has 0 heterocycles. The molecule has 0 aliphatic rings. The fraction of sp³-hybridized carbons (Fsp3) is 0.200. The summed E-state index contributed by atoms with van der Waals surface area (Å²) in [4.78, 5) is 0. The molecule has 0 spiro atoms. The third-order valence-corrected chi connectivity index (χ3v) is 3.06. The summed E-state index contributed by atoms with van der Waals surface area (Å²) in [6.07, 6.45) is 0. The number of anilines is 1. The van der Waals surface area contributed by atoms with Gasteiger partial charge in [0.2, 0.25) is 10.0 Å². The molecule has 0 bridgehead atoms. The zero-order chi connectivity index (χ0) is 11.3. The van der Waals surface area contributed by atoms with Crippen LogP contribution in [0.25, 0.3) is 0 Å². The number of benzene rings is 1.